The SMILES string of the molecule is CCC/N=C1\S/C(=C\c2ccc3c(c2)OCCO3)C(=O)N1c1ccccc1. The van der Waals surface area contributed by atoms with Crippen molar-refractivity contribution in [2.24, 2.45) is 4.99 Å². The molecule has 0 unspecified atom stereocenters. The number of nitrogens with zero attached hydrogens (tertiary/aromatic N) is 2. The first-order valence-corrected chi connectivity index (χ1v) is 9.81. The number of fused-ring (bicyclic) bond motifs is 1. The van der Waals surface area contributed by atoms with Gasteiger partial charge in [-0.25, -0.2) is 0 Å². The molecule has 27 heavy (non-hydrogen) atoms. The van der Waals surface area contributed by atoms with Gasteiger partial charge in [0, 0.05) is 6.54 Å². The summed E-state index contributed by atoms with van der Waals surface area (Å²) in [7, 11) is 0. The summed E-state index contributed by atoms with van der Waals surface area (Å²) in [6, 6.07) is 15.4. The molecule has 138 valence electrons. The fraction of sp³-hybridized carbons (Fsp3) is 0.238. The molecule has 2 aliphatic heterocycles. The standard InChI is InChI=1S/C21H20N2O3S/c1-2-10-22-21-23(16-6-4-3-5-7-16)20(24)19(27-21)14-15-8-9-17-18(13-15)26-12-11-25-17/h3-9,13-14H,2,10-12H2,1H3/b19-14-,22-21-. The number of hydrogen-bond donors (Lipinski definition) is 0. The Morgan fingerprint density at radius 1 is 1.11 bits per heavy atom. The molecule has 1 saturated heterocycles. The fourth-order valence-corrected chi connectivity index (χ4v) is 3.90. The molecule has 0 aliphatic carbocycles. The van der Waals surface area contributed by atoms with E-state index in [1.807, 2.05) is 54.6 Å². The molecule has 0 radical (unpaired) electrons. The average Bonchev–Trinajstić information content (AvgIpc) is 3.02. The van der Waals surface area contributed by atoms with Crippen molar-refractivity contribution in [1.82, 2.24) is 0 Å². The van der Waals surface area contributed by atoms with E-state index in [-0.39, 0.29) is 5.91 Å². The highest BCUT2D eigenvalue weighted by Crippen LogP contribution is 2.37. The number of thioether (sulfide) groups is 1. The Morgan fingerprint density at radius 3 is 2.67 bits per heavy atom. The Bertz CT molecular complexity index is 909. The number of rotatable bonds is 4. The maximum atomic E-state index is 13.1. The van der Waals surface area contributed by atoms with E-state index in [9.17, 15) is 4.79 Å². The number of amidine groups is 1. The molecule has 0 atom stereocenters. The van der Waals surface area contributed by atoms with Crippen molar-refractivity contribution in [3.05, 3.63) is 59.0 Å². The summed E-state index contributed by atoms with van der Waals surface area (Å²) in [6.45, 7) is 3.86. The summed E-state index contributed by atoms with van der Waals surface area (Å²) in [6.07, 6.45) is 2.82. The number of carbonyl (C=O) groups is 1. The van der Waals surface area contributed by atoms with Crippen LogP contribution in [-0.2, 0) is 4.79 Å². The van der Waals surface area contributed by atoms with Gasteiger partial charge in [-0.1, -0.05) is 31.2 Å². The van der Waals surface area contributed by atoms with Crippen LogP contribution in [0.3, 0.4) is 0 Å². The highest BCUT2D eigenvalue weighted by Gasteiger charge is 2.34. The number of hydrogen-bond acceptors (Lipinski definition) is 5. The summed E-state index contributed by atoms with van der Waals surface area (Å²) >= 11 is 1.41. The number of anilines is 1. The van der Waals surface area contributed by atoms with Crippen molar-refractivity contribution >= 4 is 34.6 Å². The summed E-state index contributed by atoms with van der Waals surface area (Å²) in [5.41, 5.74) is 1.73. The van der Waals surface area contributed by atoms with Gasteiger partial charge >= 0.3 is 0 Å². The second kappa shape index (κ2) is 7.88. The molecule has 1 fully saturated rings. The van der Waals surface area contributed by atoms with E-state index in [1.165, 1.54) is 11.8 Å². The highest BCUT2D eigenvalue weighted by molar-refractivity contribution is 8.19. The van der Waals surface area contributed by atoms with Crippen molar-refractivity contribution in [2.45, 2.75) is 13.3 Å². The molecule has 2 aromatic rings. The second-order valence-corrected chi connectivity index (χ2v) is 7.16. The van der Waals surface area contributed by atoms with Gasteiger partial charge in [-0.05, 0) is 54.1 Å². The zero-order valence-electron chi connectivity index (χ0n) is 15.1. The number of aliphatic imine (C=N–C) groups is 1. The lowest BCUT2D eigenvalue weighted by atomic mass is 10.1. The Balaban J connectivity index is 1.67. The normalized spacial score (nSPS) is 19.1. The zero-order valence-corrected chi connectivity index (χ0v) is 15.9. The zero-order chi connectivity index (χ0) is 18.6. The van der Waals surface area contributed by atoms with E-state index >= 15 is 0 Å². The van der Waals surface area contributed by atoms with Gasteiger partial charge in [-0.3, -0.25) is 14.7 Å². The summed E-state index contributed by atoms with van der Waals surface area (Å²) in [5.74, 6) is 1.40. The molecular weight excluding hydrogens is 360 g/mol. The van der Waals surface area contributed by atoms with Crippen molar-refractivity contribution in [3.8, 4) is 11.5 Å². The summed E-state index contributed by atoms with van der Waals surface area (Å²) in [5, 5.41) is 0.719. The average molecular weight is 380 g/mol. The van der Waals surface area contributed by atoms with Gasteiger partial charge in [0.1, 0.15) is 13.2 Å². The lowest BCUT2D eigenvalue weighted by molar-refractivity contribution is -0.113. The third-order valence-corrected chi connectivity index (χ3v) is 5.16. The van der Waals surface area contributed by atoms with E-state index in [1.54, 1.807) is 4.90 Å². The van der Waals surface area contributed by atoms with E-state index < -0.39 is 0 Å². The molecular formula is C21H20N2O3S. The van der Waals surface area contributed by atoms with Crippen LogP contribution in [0.25, 0.3) is 6.08 Å². The minimum Gasteiger partial charge on any atom is -0.486 e. The van der Waals surface area contributed by atoms with Gasteiger partial charge in [-0.2, -0.15) is 0 Å². The van der Waals surface area contributed by atoms with Crippen molar-refractivity contribution in [2.75, 3.05) is 24.7 Å². The first kappa shape index (κ1) is 17.7. The third-order valence-electron chi connectivity index (χ3n) is 4.16. The van der Waals surface area contributed by atoms with Gasteiger partial charge in [0.2, 0.25) is 0 Å². The molecule has 0 N–H and O–H groups in total. The third kappa shape index (κ3) is 3.71. The summed E-state index contributed by atoms with van der Waals surface area (Å²) < 4.78 is 11.2. The quantitative estimate of drug-likeness (QED) is 0.740. The van der Waals surface area contributed by atoms with Crippen LogP contribution in [0.5, 0.6) is 11.5 Å². The topological polar surface area (TPSA) is 51.1 Å². The van der Waals surface area contributed by atoms with Gasteiger partial charge in [0.25, 0.3) is 5.91 Å². The van der Waals surface area contributed by atoms with Crippen LogP contribution in [-0.4, -0.2) is 30.8 Å². The molecule has 2 heterocycles. The number of para-hydroxylation sites is 1. The van der Waals surface area contributed by atoms with Gasteiger partial charge < -0.3 is 9.47 Å². The summed E-state index contributed by atoms with van der Waals surface area (Å²) in [4.78, 5) is 20.0. The lowest BCUT2D eigenvalue weighted by Crippen LogP contribution is -2.28. The van der Waals surface area contributed by atoms with Crippen LogP contribution in [0.2, 0.25) is 0 Å². The number of amides is 1. The first-order chi connectivity index (χ1) is 13.3. The molecule has 0 saturated carbocycles. The molecule has 2 aliphatic rings. The predicted molar refractivity (Wildman–Crippen MR) is 110 cm³/mol. The van der Waals surface area contributed by atoms with Crippen LogP contribution >= 0.6 is 11.8 Å². The van der Waals surface area contributed by atoms with Gasteiger partial charge in [-0.15, -0.1) is 0 Å². The second-order valence-electron chi connectivity index (χ2n) is 6.15. The highest BCUT2D eigenvalue weighted by atomic mass is 32.2. The Labute approximate surface area is 162 Å². The Hall–Kier alpha value is -2.73. The van der Waals surface area contributed by atoms with Crippen LogP contribution in [0.1, 0.15) is 18.9 Å². The molecule has 0 bridgehead atoms. The maximum absolute atomic E-state index is 13.1. The number of benzene rings is 2. The molecule has 6 heteroatoms. The Morgan fingerprint density at radius 2 is 1.89 bits per heavy atom. The minimum absolute atomic E-state index is 0.0593. The van der Waals surface area contributed by atoms with E-state index in [0.29, 0.717) is 30.4 Å². The van der Waals surface area contributed by atoms with Crippen molar-refractivity contribution in [1.29, 1.82) is 0 Å². The van der Waals surface area contributed by atoms with Crippen LogP contribution < -0.4 is 14.4 Å². The minimum atomic E-state index is -0.0593. The van der Waals surface area contributed by atoms with Crippen molar-refractivity contribution < 1.29 is 14.3 Å². The van der Waals surface area contributed by atoms with E-state index in [4.69, 9.17) is 9.47 Å². The molecule has 0 aromatic heterocycles. The number of carbonyl (C=O) groups excluding carboxylic acids is 1. The molecule has 2 aromatic carbocycles. The monoisotopic (exact) mass is 380 g/mol. The first-order valence-electron chi connectivity index (χ1n) is 8.99. The molecule has 4 rings (SSSR count). The van der Waals surface area contributed by atoms with E-state index in [0.717, 1.165) is 28.6 Å². The largest absolute Gasteiger partial charge is 0.486 e. The molecule has 5 nitrogen and oxygen atoms in total. The van der Waals surface area contributed by atoms with Gasteiger partial charge in [0.05, 0.1) is 10.6 Å². The maximum Gasteiger partial charge on any atom is 0.271 e. The fourth-order valence-electron chi connectivity index (χ4n) is 2.89. The lowest BCUT2D eigenvalue weighted by Gasteiger charge is -2.18. The smallest absolute Gasteiger partial charge is 0.271 e. The van der Waals surface area contributed by atoms with Crippen LogP contribution in [0, 0.1) is 0 Å². The van der Waals surface area contributed by atoms with Crippen LogP contribution in [0.15, 0.2) is 58.4 Å². The molecule has 1 amide bonds. The van der Waals surface area contributed by atoms with E-state index in [2.05, 4.69) is 11.9 Å². The Kier molecular flexibility index (Phi) is 5.16. The van der Waals surface area contributed by atoms with Crippen LogP contribution in [0.4, 0.5) is 5.69 Å². The number of ether oxygens (including phenoxy) is 2. The van der Waals surface area contributed by atoms with Crippen molar-refractivity contribution in [3.63, 3.8) is 0 Å². The molecule has 0 spiro atoms. The van der Waals surface area contributed by atoms with Gasteiger partial charge in [0.15, 0.2) is 16.7 Å². The predicted octanol–water partition coefficient (Wildman–Crippen LogP) is 4.34.